The van der Waals surface area contributed by atoms with E-state index in [9.17, 15) is 24.0 Å². The minimum atomic E-state index is -1.63. The van der Waals surface area contributed by atoms with Gasteiger partial charge in [0.05, 0.1) is 12.5 Å². The molecule has 11 heteroatoms. The van der Waals surface area contributed by atoms with Crippen molar-refractivity contribution in [3.63, 3.8) is 0 Å². The topological polar surface area (TPSA) is 188 Å². The van der Waals surface area contributed by atoms with Gasteiger partial charge in [-0.25, -0.2) is 4.79 Å². The predicted molar refractivity (Wildman–Crippen MR) is 104 cm³/mol. The first kappa shape index (κ1) is 26.3. The molecule has 0 saturated carbocycles. The monoisotopic (exact) mass is 416 g/mol. The Hall–Kier alpha value is -2.69. The molecule has 166 valence electrons. The van der Waals surface area contributed by atoms with E-state index in [0.29, 0.717) is 6.42 Å². The first-order chi connectivity index (χ1) is 13.3. The summed E-state index contributed by atoms with van der Waals surface area (Å²) in [6.07, 6.45) is -0.324. The van der Waals surface area contributed by atoms with Crippen LogP contribution in [0, 0.1) is 11.8 Å². The van der Waals surface area contributed by atoms with Gasteiger partial charge in [-0.1, -0.05) is 34.1 Å². The van der Waals surface area contributed by atoms with Crippen LogP contribution in [0.25, 0.3) is 0 Å². The molecule has 29 heavy (non-hydrogen) atoms. The summed E-state index contributed by atoms with van der Waals surface area (Å²) >= 11 is 0. The minimum absolute atomic E-state index is 0.133. The van der Waals surface area contributed by atoms with Crippen molar-refractivity contribution >= 4 is 29.7 Å². The van der Waals surface area contributed by atoms with Crippen LogP contribution in [0.4, 0.5) is 0 Å². The second-order valence-electron chi connectivity index (χ2n) is 7.37. The Morgan fingerprint density at radius 3 is 1.83 bits per heavy atom. The van der Waals surface area contributed by atoms with E-state index in [1.54, 1.807) is 27.7 Å². The summed E-state index contributed by atoms with van der Waals surface area (Å²) in [5, 5.41) is 25.0. The van der Waals surface area contributed by atoms with E-state index in [1.807, 2.05) is 0 Å². The number of nitrogens with two attached hydrogens (primary N) is 1. The van der Waals surface area contributed by atoms with Crippen LogP contribution in [-0.2, 0) is 24.0 Å². The Morgan fingerprint density at radius 1 is 0.862 bits per heavy atom. The third-order valence-corrected chi connectivity index (χ3v) is 4.56. The highest BCUT2D eigenvalue weighted by molar-refractivity contribution is 5.94. The molecule has 5 atom stereocenters. The number of carboxylic acids is 2. The molecular weight excluding hydrogens is 384 g/mol. The average Bonchev–Trinajstić information content (AvgIpc) is 2.62. The highest BCUT2D eigenvalue weighted by atomic mass is 16.4. The maximum absolute atomic E-state index is 12.5. The highest BCUT2D eigenvalue weighted by Gasteiger charge is 2.32. The van der Waals surface area contributed by atoms with Gasteiger partial charge in [-0.2, -0.15) is 0 Å². The van der Waals surface area contributed by atoms with Crippen molar-refractivity contribution in [1.82, 2.24) is 16.0 Å². The first-order valence-electron chi connectivity index (χ1n) is 9.43. The molecule has 0 bridgehead atoms. The Kier molecular flexibility index (Phi) is 10.9. The van der Waals surface area contributed by atoms with Crippen LogP contribution in [0.15, 0.2) is 0 Å². The summed E-state index contributed by atoms with van der Waals surface area (Å²) in [5.41, 5.74) is 5.74. The number of carbonyl (C=O) groups excluding carboxylic acids is 3. The third kappa shape index (κ3) is 8.90. The summed E-state index contributed by atoms with van der Waals surface area (Å²) < 4.78 is 0. The molecule has 0 radical (unpaired) electrons. The second-order valence-corrected chi connectivity index (χ2v) is 7.37. The van der Waals surface area contributed by atoms with Gasteiger partial charge in [0.1, 0.15) is 18.1 Å². The number of nitrogens with one attached hydrogen (secondary N) is 3. The molecule has 3 amide bonds. The van der Waals surface area contributed by atoms with E-state index in [1.165, 1.54) is 6.92 Å². The SMILES string of the molecule is CCC(C)C(NC(=O)C(C)NC(=O)C(N)C(C)C)C(=O)NC(CC(=O)O)C(=O)O. The van der Waals surface area contributed by atoms with Gasteiger partial charge in [0.15, 0.2) is 0 Å². The quantitative estimate of drug-likeness (QED) is 0.235. The zero-order valence-electron chi connectivity index (χ0n) is 17.4. The van der Waals surface area contributed by atoms with E-state index in [0.717, 1.165) is 0 Å². The van der Waals surface area contributed by atoms with Gasteiger partial charge >= 0.3 is 11.9 Å². The van der Waals surface area contributed by atoms with E-state index in [2.05, 4.69) is 16.0 Å². The number of rotatable bonds is 12. The lowest BCUT2D eigenvalue weighted by atomic mass is 9.97. The van der Waals surface area contributed by atoms with E-state index >= 15 is 0 Å². The summed E-state index contributed by atoms with van der Waals surface area (Å²) in [7, 11) is 0. The van der Waals surface area contributed by atoms with Gasteiger partial charge in [0, 0.05) is 0 Å². The van der Waals surface area contributed by atoms with Crippen molar-refractivity contribution in [3.8, 4) is 0 Å². The second kappa shape index (κ2) is 12.0. The van der Waals surface area contributed by atoms with Crippen molar-refractivity contribution in [2.75, 3.05) is 0 Å². The van der Waals surface area contributed by atoms with Crippen LogP contribution in [-0.4, -0.2) is 64.0 Å². The lowest BCUT2D eigenvalue weighted by molar-refractivity contribution is -0.147. The maximum atomic E-state index is 12.5. The van der Waals surface area contributed by atoms with Crippen LogP contribution in [0.3, 0.4) is 0 Å². The number of hydrogen-bond acceptors (Lipinski definition) is 6. The van der Waals surface area contributed by atoms with Gasteiger partial charge in [0.2, 0.25) is 17.7 Å². The fourth-order valence-corrected chi connectivity index (χ4v) is 2.29. The molecule has 0 aromatic rings. The van der Waals surface area contributed by atoms with Crippen molar-refractivity contribution in [2.45, 2.75) is 71.6 Å². The number of carboxylic acid groups (broad SMARTS) is 2. The molecule has 0 aromatic heterocycles. The first-order valence-corrected chi connectivity index (χ1v) is 9.43. The number of hydrogen-bond donors (Lipinski definition) is 6. The van der Waals surface area contributed by atoms with E-state index in [-0.39, 0.29) is 11.8 Å². The molecule has 11 nitrogen and oxygen atoms in total. The summed E-state index contributed by atoms with van der Waals surface area (Å²) in [4.78, 5) is 59.0. The molecule has 0 spiro atoms. The molecule has 0 aliphatic carbocycles. The summed E-state index contributed by atoms with van der Waals surface area (Å²) in [6, 6.07) is -4.53. The Labute approximate surface area is 169 Å². The van der Waals surface area contributed by atoms with Crippen LogP contribution in [0.1, 0.15) is 47.5 Å². The lowest BCUT2D eigenvalue weighted by Gasteiger charge is -2.27. The van der Waals surface area contributed by atoms with Gasteiger partial charge in [-0.15, -0.1) is 0 Å². The Balaban J connectivity index is 5.21. The summed E-state index contributed by atoms with van der Waals surface area (Å²) in [6.45, 7) is 8.39. The van der Waals surface area contributed by atoms with Crippen molar-refractivity contribution in [1.29, 1.82) is 0 Å². The zero-order valence-corrected chi connectivity index (χ0v) is 17.4. The molecule has 7 N–H and O–H groups in total. The van der Waals surface area contributed by atoms with Gasteiger partial charge in [-0.05, 0) is 18.8 Å². The van der Waals surface area contributed by atoms with Gasteiger partial charge in [0.25, 0.3) is 0 Å². The Morgan fingerprint density at radius 2 is 1.41 bits per heavy atom. The molecule has 0 aliphatic heterocycles. The van der Waals surface area contributed by atoms with E-state index in [4.69, 9.17) is 15.9 Å². The van der Waals surface area contributed by atoms with Crippen molar-refractivity contribution in [3.05, 3.63) is 0 Å². The fraction of sp³-hybridized carbons (Fsp3) is 0.722. The highest BCUT2D eigenvalue weighted by Crippen LogP contribution is 2.09. The summed E-state index contributed by atoms with van der Waals surface area (Å²) in [5.74, 6) is -5.39. The fourth-order valence-electron chi connectivity index (χ4n) is 2.29. The largest absolute Gasteiger partial charge is 0.481 e. The minimum Gasteiger partial charge on any atom is -0.481 e. The standard InChI is InChI=1S/C18H32N4O7/c1-6-9(4)14(17(27)21-11(18(28)29)7-12(23)24)22-15(25)10(5)20-16(26)13(19)8(2)3/h8-11,13-14H,6-7,19H2,1-5H3,(H,20,26)(H,21,27)(H,22,25)(H,23,24)(H,28,29). The van der Waals surface area contributed by atoms with Crippen LogP contribution in [0.2, 0.25) is 0 Å². The zero-order chi connectivity index (χ0) is 22.9. The molecule has 0 fully saturated rings. The van der Waals surface area contributed by atoms with Crippen LogP contribution in [0.5, 0.6) is 0 Å². The molecule has 0 aromatic carbocycles. The van der Waals surface area contributed by atoms with Crippen LogP contribution < -0.4 is 21.7 Å². The van der Waals surface area contributed by atoms with Crippen molar-refractivity contribution < 1.29 is 34.2 Å². The number of aliphatic carboxylic acids is 2. The molecule has 0 rings (SSSR count). The predicted octanol–water partition coefficient (Wildman–Crippen LogP) is -0.951. The number of amides is 3. The molecule has 0 aliphatic rings. The average molecular weight is 416 g/mol. The van der Waals surface area contributed by atoms with Gasteiger partial charge in [-0.3, -0.25) is 19.2 Å². The smallest absolute Gasteiger partial charge is 0.326 e. The lowest BCUT2D eigenvalue weighted by Crippen LogP contribution is -2.58. The van der Waals surface area contributed by atoms with Gasteiger partial charge < -0.3 is 31.9 Å². The molecular formula is C18H32N4O7. The number of carbonyl (C=O) groups is 5. The third-order valence-electron chi connectivity index (χ3n) is 4.56. The Bertz CT molecular complexity index is 623. The molecule has 0 saturated heterocycles. The van der Waals surface area contributed by atoms with Crippen molar-refractivity contribution in [2.24, 2.45) is 17.6 Å². The normalized spacial score (nSPS) is 16.1. The van der Waals surface area contributed by atoms with E-state index < -0.39 is 60.2 Å². The van der Waals surface area contributed by atoms with Crippen LogP contribution >= 0.6 is 0 Å². The molecule has 5 unspecified atom stereocenters. The molecule has 0 heterocycles. The maximum Gasteiger partial charge on any atom is 0.326 e.